The third-order valence-electron chi connectivity index (χ3n) is 5.97. The lowest BCUT2D eigenvalue weighted by Gasteiger charge is -2.39. The molecule has 28 heavy (non-hydrogen) atoms. The molecule has 4 rings (SSSR count). The molecule has 1 aliphatic heterocycles. The zero-order valence-corrected chi connectivity index (χ0v) is 16.8. The highest BCUT2D eigenvalue weighted by Crippen LogP contribution is 2.38. The van der Waals surface area contributed by atoms with Gasteiger partial charge in [0, 0.05) is 49.9 Å². The van der Waals surface area contributed by atoms with E-state index in [1.165, 1.54) is 16.5 Å². The van der Waals surface area contributed by atoms with Crippen LogP contribution in [0, 0.1) is 0 Å². The summed E-state index contributed by atoms with van der Waals surface area (Å²) in [6, 6.07) is 14.0. The number of para-hydroxylation sites is 1. The van der Waals surface area contributed by atoms with Crippen LogP contribution >= 0.6 is 0 Å². The van der Waals surface area contributed by atoms with Gasteiger partial charge in [0.25, 0.3) is 0 Å². The number of hydrogen-bond donors (Lipinski definition) is 1. The molecule has 0 saturated carbocycles. The van der Waals surface area contributed by atoms with E-state index in [4.69, 9.17) is 9.47 Å². The van der Waals surface area contributed by atoms with Gasteiger partial charge in [0.15, 0.2) is 0 Å². The zero-order chi connectivity index (χ0) is 19.7. The molecule has 1 aromatic heterocycles. The molecule has 0 spiro atoms. The summed E-state index contributed by atoms with van der Waals surface area (Å²) in [5.74, 6) is 1.64. The average Bonchev–Trinajstić information content (AvgIpc) is 3.04. The minimum atomic E-state index is -0.824. The van der Waals surface area contributed by atoms with Crippen LogP contribution in [0.5, 0.6) is 11.5 Å². The molecule has 5 nitrogen and oxygen atoms in total. The first kappa shape index (κ1) is 18.8. The number of nitrogens with zero attached hydrogens (tertiary/aromatic N) is 2. The van der Waals surface area contributed by atoms with Gasteiger partial charge in [0.2, 0.25) is 0 Å². The molecular weight excluding hydrogens is 352 g/mol. The molecule has 2 heterocycles. The predicted molar refractivity (Wildman–Crippen MR) is 111 cm³/mol. The van der Waals surface area contributed by atoms with Crippen molar-refractivity contribution in [1.82, 2.24) is 9.47 Å². The van der Waals surface area contributed by atoms with Gasteiger partial charge in [0.1, 0.15) is 11.5 Å². The highest BCUT2D eigenvalue weighted by molar-refractivity contribution is 5.85. The summed E-state index contributed by atoms with van der Waals surface area (Å²) in [6.45, 7) is 2.58. The van der Waals surface area contributed by atoms with Gasteiger partial charge in [-0.25, -0.2) is 0 Å². The van der Waals surface area contributed by atoms with Gasteiger partial charge in [-0.1, -0.05) is 18.2 Å². The number of aromatic nitrogens is 1. The van der Waals surface area contributed by atoms with Crippen molar-refractivity contribution in [1.29, 1.82) is 0 Å². The minimum absolute atomic E-state index is 0.700. The van der Waals surface area contributed by atoms with E-state index < -0.39 is 5.60 Å². The fraction of sp³-hybridized carbons (Fsp3) is 0.391. The molecule has 148 valence electrons. The van der Waals surface area contributed by atoms with E-state index >= 15 is 0 Å². The van der Waals surface area contributed by atoms with Crippen molar-refractivity contribution in [2.75, 3.05) is 27.3 Å². The van der Waals surface area contributed by atoms with Crippen LogP contribution in [-0.2, 0) is 19.2 Å². The molecule has 3 aromatic rings. The Balaban J connectivity index is 1.50. The largest absolute Gasteiger partial charge is 0.497 e. The molecule has 1 N–H and O–H groups in total. The summed E-state index contributed by atoms with van der Waals surface area (Å²) in [6.07, 6.45) is 3.60. The average molecular weight is 380 g/mol. The van der Waals surface area contributed by atoms with Crippen LogP contribution < -0.4 is 9.47 Å². The third kappa shape index (κ3) is 3.36. The summed E-state index contributed by atoms with van der Waals surface area (Å²) in [7, 11) is 5.43. The Labute approximate surface area is 166 Å². The molecule has 0 aliphatic carbocycles. The second kappa shape index (κ2) is 7.49. The fourth-order valence-corrected chi connectivity index (χ4v) is 4.32. The number of benzene rings is 2. The molecule has 2 aromatic carbocycles. The smallest absolute Gasteiger partial charge is 0.124 e. The van der Waals surface area contributed by atoms with Crippen LogP contribution in [0.15, 0.2) is 48.7 Å². The first-order valence-corrected chi connectivity index (χ1v) is 9.74. The summed E-state index contributed by atoms with van der Waals surface area (Å²) in [5.41, 5.74) is 2.56. The van der Waals surface area contributed by atoms with Crippen molar-refractivity contribution >= 4 is 10.9 Å². The fourth-order valence-electron chi connectivity index (χ4n) is 4.32. The monoisotopic (exact) mass is 380 g/mol. The van der Waals surface area contributed by atoms with Gasteiger partial charge < -0.3 is 19.1 Å². The summed E-state index contributed by atoms with van der Waals surface area (Å²) < 4.78 is 13.0. The second-order valence-electron chi connectivity index (χ2n) is 7.66. The summed E-state index contributed by atoms with van der Waals surface area (Å²) >= 11 is 0. The Hall–Kier alpha value is -2.50. The maximum absolute atomic E-state index is 11.2. The number of rotatable bonds is 5. The van der Waals surface area contributed by atoms with Crippen molar-refractivity contribution in [3.8, 4) is 11.5 Å². The van der Waals surface area contributed by atoms with E-state index in [1.807, 2.05) is 30.3 Å². The van der Waals surface area contributed by atoms with Crippen molar-refractivity contribution in [3.63, 3.8) is 0 Å². The highest BCUT2D eigenvalue weighted by Gasteiger charge is 2.36. The summed E-state index contributed by atoms with van der Waals surface area (Å²) in [4.78, 5) is 2.42. The Morgan fingerprint density at radius 1 is 1.04 bits per heavy atom. The number of piperidine rings is 1. The predicted octanol–water partition coefficient (Wildman–Crippen LogP) is 3.68. The van der Waals surface area contributed by atoms with Crippen LogP contribution in [-0.4, -0.2) is 41.9 Å². The van der Waals surface area contributed by atoms with E-state index in [0.717, 1.165) is 36.7 Å². The first-order valence-electron chi connectivity index (χ1n) is 9.74. The van der Waals surface area contributed by atoms with Crippen LogP contribution in [0.2, 0.25) is 0 Å². The first-order chi connectivity index (χ1) is 13.5. The lowest BCUT2D eigenvalue weighted by molar-refractivity contribution is -0.0291. The lowest BCUT2D eigenvalue weighted by Crippen LogP contribution is -2.42. The molecular formula is C23H28N2O3. The van der Waals surface area contributed by atoms with Gasteiger partial charge >= 0.3 is 0 Å². The summed E-state index contributed by atoms with van der Waals surface area (Å²) in [5, 5.41) is 12.5. The molecule has 0 amide bonds. The molecule has 0 radical (unpaired) electrons. The molecule has 0 atom stereocenters. The highest BCUT2D eigenvalue weighted by atomic mass is 16.5. The molecule has 5 heteroatoms. The van der Waals surface area contributed by atoms with Crippen molar-refractivity contribution < 1.29 is 14.6 Å². The van der Waals surface area contributed by atoms with E-state index in [0.29, 0.717) is 12.8 Å². The van der Waals surface area contributed by atoms with E-state index in [-0.39, 0.29) is 0 Å². The maximum Gasteiger partial charge on any atom is 0.124 e. The van der Waals surface area contributed by atoms with Gasteiger partial charge in [-0.15, -0.1) is 0 Å². The van der Waals surface area contributed by atoms with Crippen LogP contribution in [0.3, 0.4) is 0 Å². The Morgan fingerprint density at radius 3 is 2.50 bits per heavy atom. The second-order valence-corrected chi connectivity index (χ2v) is 7.66. The maximum atomic E-state index is 11.2. The van der Waals surface area contributed by atoms with Crippen molar-refractivity contribution in [3.05, 3.63) is 59.8 Å². The Bertz CT molecular complexity index is 971. The topological polar surface area (TPSA) is 46.9 Å². The molecule has 0 unspecified atom stereocenters. The minimum Gasteiger partial charge on any atom is -0.497 e. The third-order valence-corrected chi connectivity index (χ3v) is 5.97. The van der Waals surface area contributed by atoms with E-state index in [9.17, 15) is 5.11 Å². The van der Waals surface area contributed by atoms with Crippen LogP contribution in [0.1, 0.15) is 24.0 Å². The SMILES string of the molecule is COc1ccc2c(CN3CCC(O)(c4ccccc4OC)CC3)cn(C)c2c1. The van der Waals surface area contributed by atoms with Gasteiger partial charge in [-0.05, 0) is 36.6 Å². The Morgan fingerprint density at radius 2 is 1.79 bits per heavy atom. The van der Waals surface area contributed by atoms with E-state index in [1.54, 1.807) is 14.2 Å². The number of ether oxygens (including phenoxy) is 2. The number of aliphatic hydroxyl groups is 1. The molecule has 1 fully saturated rings. The number of likely N-dealkylation sites (tertiary alicyclic amines) is 1. The standard InChI is InChI=1S/C23H28N2O3/c1-24-15-17(19-9-8-18(27-2)14-21(19)24)16-25-12-10-23(26,11-13-25)20-6-4-5-7-22(20)28-3/h4-9,14-15,26H,10-13,16H2,1-3H3. The number of methoxy groups -OCH3 is 2. The molecule has 1 saturated heterocycles. The van der Waals surface area contributed by atoms with Crippen LogP contribution in [0.4, 0.5) is 0 Å². The number of fused-ring (bicyclic) bond motifs is 1. The number of hydrogen-bond acceptors (Lipinski definition) is 4. The number of aryl methyl sites for hydroxylation is 1. The van der Waals surface area contributed by atoms with Crippen molar-refractivity contribution in [2.24, 2.45) is 7.05 Å². The van der Waals surface area contributed by atoms with Gasteiger partial charge in [-0.2, -0.15) is 0 Å². The zero-order valence-electron chi connectivity index (χ0n) is 16.8. The van der Waals surface area contributed by atoms with Crippen molar-refractivity contribution in [2.45, 2.75) is 25.0 Å². The molecule has 1 aliphatic rings. The lowest BCUT2D eigenvalue weighted by atomic mass is 9.84. The van der Waals surface area contributed by atoms with Gasteiger partial charge in [0.05, 0.1) is 25.3 Å². The Kier molecular flexibility index (Phi) is 5.04. The quantitative estimate of drug-likeness (QED) is 0.734. The van der Waals surface area contributed by atoms with Gasteiger partial charge in [-0.3, -0.25) is 4.90 Å². The van der Waals surface area contributed by atoms with E-state index in [2.05, 4.69) is 34.8 Å². The molecule has 0 bridgehead atoms. The van der Waals surface area contributed by atoms with Crippen LogP contribution in [0.25, 0.3) is 10.9 Å². The normalized spacial score (nSPS) is 17.0.